The van der Waals surface area contributed by atoms with Crippen molar-refractivity contribution in [2.24, 2.45) is 0 Å². The van der Waals surface area contributed by atoms with Crippen molar-refractivity contribution in [2.75, 3.05) is 0 Å². The Hall–Kier alpha value is -1.09. The van der Waals surface area contributed by atoms with Gasteiger partial charge in [0.05, 0.1) is 0 Å². The number of ether oxygens (including phenoxy) is 1. The number of pyridine rings is 1. The minimum Gasteiger partial charge on any atom is -0.472 e. The van der Waals surface area contributed by atoms with Gasteiger partial charge in [0.25, 0.3) is 0 Å². The highest BCUT2D eigenvalue weighted by Gasteiger charge is 2.15. The summed E-state index contributed by atoms with van der Waals surface area (Å²) < 4.78 is 5.92. The number of aromatic nitrogens is 1. The SMILES string of the molecule is CCCc1cc(CNC(C)(C)C)cc(OC(C)(C)C)n1. The monoisotopic (exact) mass is 278 g/mol. The molecule has 0 aromatic carbocycles. The highest BCUT2D eigenvalue weighted by atomic mass is 16.5. The lowest BCUT2D eigenvalue weighted by Crippen LogP contribution is -2.35. The quantitative estimate of drug-likeness (QED) is 0.880. The first-order valence-electron chi connectivity index (χ1n) is 7.53. The van der Waals surface area contributed by atoms with E-state index >= 15 is 0 Å². The first-order valence-corrected chi connectivity index (χ1v) is 7.53. The van der Waals surface area contributed by atoms with Gasteiger partial charge in [-0.3, -0.25) is 0 Å². The number of rotatable bonds is 5. The van der Waals surface area contributed by atoms with E-state index < -0.39 is 0 Å². The first-order chi connectivity index (χ1) is 9.09. The van der Waals surface area contributed by atoms with E-state index in [1.807, 2.05) is 26.8 Å². The molecule has 0 atom stereocenters. The van der Waals surface area contributed by atoms with E-state index in [0.29, 0.717) is 0 Å². The number of aryl methyl sites for hydroxylation is 1. The molecule has 0 amide bonds. The molecule has 0 aliphatic rings. The fourth-order valence-electron chi connectivity index (χ4n) is 1.84. The molecule has 1 rings (SSSR count). The molecule has 0 radical (unpaired) electrons. The molecule has 0 unspecified atom stereocenters. The van der Waals surface area contributed by atoms with Crippen LogP contribution < -0.4 is 10.1 Å². The maximum absolute atomic E-state index is 5.92. The lowest BCUT2D eigenvalue weighted by atomic mass is 10.1. The lowest BCUT2D eigenvalue weighted by Gasteiger charge is -2.23. The van der Waals surface area contributed by atoms with E-state index in [0.717, 1.165) is 31.0 Å². The molecular formula is C17H30N2O. The van der Waals surface area contributed by atoms with Crippen LogP contribution in [0.25, 0.3) is 0 Å². The highest BCUT2D eigenvalue weighted by molar-refractivity contribution is 5.26. The van der Waals surface area contributed by atoms with Crippen LogP contribution in [0.2, 0.25) is 0 Å². The van der Waals surface area contributed by atoms with Crippen molar-refractivity contribution in [3.8, 4) is 5.88 Å². The van der Waals surface area contributed by atoms with Gasteiger partial charge in [0.2, 0.25) is 5.88 Å². The Labute approximate surface area is 124 Å². The number of nitrogens with zero attached hydrogens (tertiary/aromatic N) is 1. The normalized spacial score (nSPS) is 12.6. The summed E-state index contributed by atoms with van der Waals surface area (Å²) in [4.78, 5) is 4.60. The molecule has 1 N–H and O–H groups in total. The average molecular weight is 278 g/mol. The van der Waals surface area contributed by atoms with Crippen LogP contribution in [0.5, 0.6) is 5.88 Å². The lowest BCUT2D eigenvalue weighted by molar-refractivity contribution is 0.123. The topological polar surface area (TPSA) is 34.1 Å². The highest BCUT2D eigenvalue weighted by Crippen LogP contribution is 2.19. The van der Waals surface area contributed by atoms with Gasteiger partial charge in [0.15, 0.2) is 0 Å². The summed E-state index contributed by atoms with van der Waals surface area (Å²) in [6.45, 7) is 15.7. The molecule has 1 aromatic rings. The van der Waals surface area contributed by atoms with Crippen LogP contribution in [0.15, 0.2) is 12.1 Å². The molecule has 20 heavy (non-hydrogen) atoms. The van der Waals surface area contributed by atoms with Crippen LogP contribution in [0.1, 0.15) is 66.1 Å². The van der Waals surface area contributed by atoms with Crippen molar-refractivity contribution >= 4 is 0 Å². The third-order valence-electron chi connectivity index (χ3n) is 2.65. The summed E-state index contributed by atoms with van der Waals surface area (Å²) in [7, 11) is 0. The predicted molar refractivity (Wildman–Crippen MR) is 85.2 cm³/mol. The average Bonchev–Trinajstić information content (AvgIpc) is 2.23. The maximum atomic E-state index is 5.92. The molecule has 1 heterocycles. The molecule has 0 saturated carbocycles. The second kappa shape index (κ2) is 6.57. The van der Waals surface area contributed by atoms with Crippen molar-refractivity contribution in [1.29, 1.82) is 0 Å². The Bertz CT molecular complexity index is 428. The van der Waals surface area contributed by atoms with Crippen LogP contribution >= 0.6 is 0 Å². The molecule has 3 nitrogen and oxygen atoms in total. The zero-order valence-electron chi connectivity index (χ0n) is 14.1. The minimum absolute atomic E-state index is 0.110. The van der Waals surface area contributed by atoms with Crippen molar-refractivity contribution in [2.45, 2.75) is 79.0 Å². The number of nitrogens with one attached hydrogen (secondary N) is 1. The Morgan fingerprint density at radius 2 is 1.75 bits per heavy atom. The van der Waals surface area contributed by atoms with Crippen molar-refractivity contribution in [3.05, 3.63) is 23.4 Å². The van der Waals surface area contributed by atoms with Gasteiger partial charge in [-0.2, -0.15) is 0 Å². The molecule has 114 valence electrons. The minimum atomic E-state index is -0.216. The largest absolute Gasteiger partial charge is 0.472 e. The first kappa shape index (κ1) is 17.0. The van der Waals surface area contributed by atoms with Gasteiger partial charge in [-0.05, 0) is 59.6 Å². The Kier molecular flexibility index (Phi) is 5.58. The molecular weight excluding hydrogens is 248 g/mol. The molecule has 0 saturated heterocycles. The van der Waals surface area contributed by atoms with Gasteiger partial charge < -0.3 is 10.1 Å². The third-order valence-corrected chi connectivity index (χ3v) is 2.65. The summed E-state index contributed by atoms with van der Waals surface area (Å²) in [5.41, 5.74) is 2.24. The smallest absolute Gasteiger partial charge is 0.214 e. The zero-order chi connectivity index (χ0) is 15.4. The van der Waals surface area contributed by atoms with Crippen molar-refractivity contribution in [3.63, 3.8) is 0 Å². The van der Waals surface area contributed by atoms with Crippen LogP contribution in [0.3, 0.4) is 0 Å². The predicted octanol–water partition coefficient (Wildman–Crippen LogP) is 4.10. The Balaban J connectivity index is 2.92. The fourth-order valence-corrected chi connectivity index (χ4v) is 1.84. The van der Waals surface area contributed by atoms with E-state index in [2.05, 4.69) is 44.1 Å². The molecule has 0 bridgehead atoms. The zero-order valence-corrected chi connectivity index (χ0v) is 14.1. The van der Waals surface area contributed by atoms with Gasteiger partial charge >= 0.3 is 0 Å². The van der Waals surface area contributed by atoms with E-state index in [4.69, 9.17) is 4.74 Å². The van der Waals surface area contributed by atoms with E-state index in [1.165, 1.54) is 5.56 Å². The second-order valence-electron chi connectivity index (χ2n) is 7.37. The molecule has 0 fully saturated rings. The van der Waals surface area contributed by atoms with Gasteiger partial charge in [0.1, 0.15) is 5.60 Å². The van der Waals surface area contributed by atoms with Gasteiger partial charge in [-0.25, -0.2) is 4.98 Å². The molecule has 0 aliphatic carbocycles. The van der Waals surface area contributed by atoms with Crippen LogP contribution in [0, 0.1) is 0 Å². The third kappa shape index (κ3) is 6.90. The molecule has 1 aromatic heterocycles. The van der Waals surface area contributed by atoms with Crippen molar-refractivity contribution in [1.82, 2.24) is 10.3 Å². The second-order valence-corrected chi connectivity index (χ2v) is 7.37. The summed E-state index contributed by atoms with van der Waals surface area (Å²) >= 11 is 0. The van der Waals surface area contributed by atoms with Crippen molar-refractivity contribution < 1.29 is 4.74 Å². The Morgan fingerprint density at radius 3 is 2.25 bits per heavy atom. The van der Waals surface area contributed by atoms with Gasteiger partial charge in [0, 0.05) is 23.8 Å². The van der Waals surface area contributed by atoms with E-state index in [-0.39, 0.29) is 11.1 Å². The van der Waals surface area contributed by atoms with Crippen LogP contribution in [0.4, 0.5) is 0 Å². The van der Waals surface area contributed by atoms with E-state index in [1.54, 1.807) is 0 Å². The number of hydrogen-bond acceptors (Lipinski definition) is 3. The molecule has 3 heteroatoms. The molecule has 0 spiro atoms. The fraction of sp³-hybridized carbons (Fsp3) is 0.706. The summed E-state index contributed by atoms with van der Waals surface area (Å²) in [5, 5.41) is 3.51. The summed E-state index contributed by atoms with van der Waals surface area (Å²) in [6.07, 6.45) is 2.09. The maximum Gasteiger partial charge on any atom is 0.214 e. The van der Waals surface area contributed by atoms with E-state index in [9.17, 15) is 0 Å². The molecule has 0 aliphatic heterocycles. The number of hydrogen-bond donors (Lipinski definition) is 1. The van der Waals surface area contributed by atoms with Gasteiger partial charge in [-0.15, -0.1) is 0 Å². The summed E-state index contributed by atoms with van der Waals surface area (Å²) in [6, 6.07) is 4.22. The van der Waals surface area contributed by atoms with Gasteiger partial charge in [-0.1, -0.05) is 13.3 Å². The van der Waals surface area contributed by atoms with Crippen LogP contribution in [-0.4, -0.2) is 16.1 Å². The van der Waals surface area contributed by atoms with Crippen LogP contribution in [-0.2, 0) is 13.0 Å². The summed E-state index contributed by atoms with van der Waals surface area (Å²) in [5.74, 6) is 0.731. The standard InChI is InChI=1S/C17H30N2O/c1-8-9-14-10-13(12-18-16(2,3)4)11-15(19-14)20-17(5,6)7/h10-11,18H,8-9,12H2,1-7H3. The Morgan fingerprint density at radius 1 is 1.10 bits per heavy atom.